The van der Waals surface area contributed by atoms with Crippen LogP contribution >= 0.6 is 0 Å². The number of nitrogens with one attached hydrogen (secondary N) is 1. The summed E-state index contributed by atoms with van der Waals surface area (Å²) in [5, 5.41) is 2.34. The summed E-state index contributed by atoms with van der Waals surface area (Å²) < 4.78 is 68.8. The van der Waals surface area contributed by atoms with E-state index in [1.54, 1.807) is 4.90 Å². The Morgan fingerprint density at radius 3 is 1.87 bits per heavy atom. The molecule has 0 aromatic heterocycles. The molecule has 0 unspecified atom stereocenters. The van der Waals surface area contributed by atoms with Crippen LogP contribution in [0.2, 0.25) is 0 Å². The van der Waals surface area contributed by atoms with Crippen LogP contribution in [0.1, 0.15) is 60.2 Å². The average Bonchev–Trinajstić information content (AvgIpc) is 2.72. The topological polar surface area (TPSA) is 66.5 Å². The second-order valence-corrected chi connectivity index (χ2v) is 6.66. The van der Waals surface area contributed by atoms with Crippen molar-refractivity contribution in [2.45, 2.75) is 39.5 Å². The number of hydrogen-bond donors (Lipinski definition) is 1. The summed E-state index contributed by atoms with van der Waals surface area (Å²) in [5.41, 5.74) is -3.74. The van der Waals surface area contributed by atoms with Crippen LogP contribution in [0.4, 0.5) is 22.0 Å². The van der Waals surface area contributed by atoms with Crippen LogP contribution < -0.4 is 5.32 Å². The highest BCUT2D eigenvalue weighted by Crippen LogP contribution is 2.32. The van der Waals surface area contributed by atoms with Crippen molar-refractivity contribution in [3.8, 4) is 0 Å². The first-order chi connectivity index (χ1) is 14.2. The standard InChI is InChI=1S/C20H21F5N2O3/c1-3-27(4-2)10(28)8-6-5-7-9-26-18-17(25)19(29)11-12(20(18)30)14(22)16(24)15(23)13(11)21/h26H,3-9H2,1-2H3. The van der Waals surface area contributed by atoms with Gasteiger partial charge in [0.05, 0.1) is 11.1 Å². The molecule has 0 saturated heterocycles. The number of benzene rings is 1. The van der Waals surface area contributed by atoms with Gasteiger partial charge < -0.3 is 10.2 Å². The molecular formula is C20H21F5N2O3. The molecule has 1 N–H and O–H groups in total. The molecule has 0 radical (unpaired) electrons. The normalized spacial score (nSPS) is 13.6. The number of unbranched alkanes of at least 4 members (excludes halogenated alkanes) is 2. The summed E-state index contributed by atoms with van der Waals surface area (Å²) in [6.45, 7) is 4.92. The van der Waals surface area contributed by atoms with Gasteiger partial charge in [0, 0.05) is 26.1 Å². The summed E-state index contributed by atoms with van der Waals surface area (Å²) in [4.78, 5) is 37.8. The molecule has 0 atom stereocenters. The van der Waals surface area contributed by atoms with Crippen LogP contribution in [0.3, 0.4) is 0 Å². The van der Waals surface area contributed by atoms with Crippen molar-refractivity contribution in [1.82, 2.24) is 10.2 Å². The number of Topliss-reactive ketones (excluding diaryl/α,β-unsaturated/α-hetero) is 2. The second-order valence-electron chi connectivity index (χ2n) is 6.66. The fourth-order valence-corrected chi connectivity index (χ4v) is 3.19. The lowest BCUT2D eigenvalue weighted by Gasteiger charge is -2.20. The largest absolute Gasteiger partial charge is 0.379 e. The van der Waals surface area contributed by atoms with Crippen LogP contribution in [0.5, 0.6) is 0 Å². The van der Waals surface area contributed by atoms with Crippen LogP contribution in [0.15, 0.2) is 11.5 Å². The molecule has 0 fully saturated rings. The first kappa shape index (κ1) is 23.5. The SMILES string of the molecule is CCN(CC)C(=O)CCCCCNC1=C(F)C(=O)c2c(F)c(F)c(F)c(F)c2C1=O. The highest BCUT2D eigenvalue weighted by atomic mass is 19.2. The monoisotopic (exact) mass is 432 g/mol. The van der Waals surface area contributed by atoms with E-state index in [0.717, 1.165) is 0 Å². The summed E-state index contributed by atoms with van der Waals surface area (Å²) in [6.07, 6.45) is 1.78. The molecule has 1 aliphatic rings. The minimum absolute atomic E-state index is 0.00173. The Bertz CT molecular complexity index is 910. The van der Waals surface area contributed by atoms with Crippen molar-refractivity contribution in [1.29, 1.82) is 0 Å². The van der Waals surface area contributed by atoms with E-state index in [2.05, 4.69) is 5.32 Å². The van der Waals surface area contributed by atoms with Crippen LogP contribution in [-0.4, -0.2) is 42.0 Å². The van der Waals surface area contributed by atoms with Crippen molar-refractivity contribution in [2.75, 3.05) is 19.6 Å². The van der Waals surface area contributed by atoms with E-state index in [1.165, 1.54) is 0 Å². The maximum absolute atomic E-state index is 14.3. The summed E-state index contributed by atoms with van der Waals surface area (Å²) in [5.74, 6) is -13.6. The molecule has 1 aromatic carbocycles. The van der Waals surface area contributed by atoms with Crippen LogP contribution in [0.25, 0.3) is 0 Å². The average molecular weight is 432 g/mol. The Morgan fingerprint density at radius 1 is 0.800 bits per heavy atom. The van der Waals surface area contributed by atoms with Gasteiger partial charge in [-0.1, -0.05) is 6.42 Å². The predicted octanol–water partition coefficient (Wildman–Crippen LogP) is 3.82. The van der Waals surface area contributed by atoms with Crippen LogP contribution in [-0.2, 0) is 4.79 Å². The lowest BCUT2D eigenvalue weighted by molar-refractivity contribution is -0.130. The Balaban J connectivity index is 2.02. The van der Waals surface area contributed by atoms with Gasteiger partial charge in [-0.3, -0.25) is 14.4 Å². The zero-order valence-electron chi connectivity index (χ0n) is 16.5. The second kappa shape index (κ2) is 9.82. The molecule has 5 nitrogen and oxygen atoms in total. The first-order valence-electron chi connectivity index (χ1n) is 9.53. The molecule has 0 spiro atoms. The van der Waals surface area contributed by atoms with Crippen molar-refractivity contribution >= 4 is 17.5 Å². The fraction of sp³-hybridized carbons (Fsp3) is 0.450. The minimum Gasteiger partial charge on any atom is -0.379 e. The third-order valence-corrected chi connectivity index (χ3v) is 4.85. The number of amides is 1. The molecule has 0 aliphatic heterocycles. The van der Waals surface area contributed by atoms with E-state index in [4.69, 9.17) is 0 Å². The molecule has 164 valence electrons. The number of halogens is 5. The molecule has 0 heterocycles. The maximum atomic E-state index is 14.3. The smallest absolute Gasteiger partial charge is 0.227 e. The van der Waals surface area contributed by atoms with Gasteiger partial charge >= 0.3 is 0 Å². The van der Waals surface area contributed by atoms with Crippen molar-refractivity contribution < 1.29 is 36.3 Å². The summed E-state index contributed by atoms with van der Waals surface area (Å²) >= 11 is 0. The minimum atomic E-state index is -2.30. The molecule has 1 aliphatic carbocycles. The fourth-order valence-electron chi connectivity index (χ4n) is 3.19. The number of carbonyl (C=O) groups excluding carboxylic acids is 3. The van der Waals surface area contributed by atoms with Crippen molar-refractivity contribution in [3.63, 3.8) is 0 Å². The molecule has 0 bridgehead atoms. The number of fused-ring (bicyclic) bond motifs is 1. The Morgan fingerprint density at radius 2 is 1.33 bits per heavy atom. The Labute approximate surface area is 169 Å². The van der Waals surface area contributed by atoms with Gasteiger partial charge in [0.15, 0.2) is 29.1 Å². The lowest BCUT2D eigenvalue weighted by Crippen LogP contribution is -2.32. The van der Waals surface area contributed by atoms with Crippen LogP contribution in [0, 0.1) is 23.3 Å². The van der Waals surface area contributed by atoms with Gasteiger partial charge in [0.25, 0.3) is 0 Å². The number of hydrogen-bond acceptors (Lipinski definition) is 4. The zero-order valence-corrected chi connectivity index (χ0v) is 16.5. The quantitative estimate of drug-likeness (QED) is 0.279. The van der Waals surface area contributed by atoms with Gasteiger partial charge in [0.2, 0.25) is 17.5 Å². The van der Waals surface area contributed by atoms with E-state index in [9.17, 15) is 36.3 Å². The van der Waals surface area contributed by atoms with Gasteiger partial charge in [-0.15, -0.1) is 0 Å². The third-order valence-electron chi connectivity index (χ3n) is 4.85. The van der Waals surface area contributed by atoms with Crippen molar-refractivity contribution in [2.24, 2.45) is 0 Å². The van der Waals surface area contributed by atoms with Crippen molar-refractivity contribution in [3.05, 3.63) is 45.9 Å². The summed E-state index contributed by atoms with van der Waals surface area (Å²) in [6, 6.07) is 0. The third kappa shape index (κ3) is 4.36. The summed E-state index contributed by atoms with van der Waals surface area (Å²) in [7, 11) is 0. The number of allylic oxidation sites excluding steroid dienone is 2. The molecule has 1 aromatic rings. The number of carbonyl (C=O) groups is 3. The molecular weight excluding hydrogens is 411 g/mol. The van der Waals surface area contributed by atoms with Gasteiger partial charge in [-0.25, -0.2) is 22.0 Å². The maximum Gasteiger partial charge on any atom is 0.227 e. The Kier molecular flexibility index (Phi) is 7.69. The number of nitrogens with zero attached hydrogens (tertiary/aromatic N) is 1. The van der Waals surface area contributed by atoms with E-state index in [0.29, 0.717) is 38.8 Å². The van der Waals surface area contributed by atoms with E-state index in [1.807, 2.05) is 13.8 Å². The van der Waals surface area contributed by atoms with Gasteiger partial charge in [0.1, 0.15) is 5.70 Å². The predicted molar refractivity (Wildman–Crippen MR) is 97.5 cm³/mol. The van der Waals surface area contributed by atoms with Gasteiger partial charge in [-0.05, 0) is 26.7 Å². The first-order valence-corrected chi connectivity index (χ1v) is 9.53. The van der Waals surface area contributed by atoms with Gasteiger partial charge in [-0.2, -0.15) is 0 Å². The lowest BCUT2D eigenvalue weighted by atomic mass is 9.90. The number of rotatable bonds is 9. The molecule has 2 rings (SSSR count). The highest BCUT2D eigenvalue weighted by molar-refractivity contribution is 6.26. The van der Waals surface area contributed by atoms with E-state index in [-0.39, 0.29) is 12.5 Å². The molecule has 0 saturated carbocycles. The molecule has 30 heavy (non-hydrogen) atoms. The highest BCUT2D eigenvalue weighted by Gasteiger charge is 2.40. The van der Waals surface area contributed by atoms with E-state index < -0.39 is 57.5 Å². The molecule has 10 heteroatoms. The molecule has 1 amide bonds. The Hall–Kier alpha value is -2.78. The van der Waals surface area contributed by atoms with E-state index >= 15 is 0 Å². The zero-order chi connectivity index (χ0) is 22.6. The number of ketones is 2.